The fourth-order valence-electron chi connectivity index (χ4n) is 2.42. The summed E-state index contributed by atoms with van der Waals surface area (Å²) in [7, 11) is -1.34. The summed E-state index contributed by atoms with van der Waals surface area (Å²) in [6, 6.07) is 3.39. The molecule has 0 radical (unpaired) electrons. The Labute approximate surface area is 131 Å². The molecular formula is C14H24N2O3S2. The third kappa shape index (κ3) is 4.50. The number of aliphatic hydroxyl groups is 1. The van der Waals surface area contributed by atoms with Gasteiger partial charge in [0.2, 0.25) is 10.0 Å². The SMILES string of the molecule is CN1CCC(C)(CNS(=O)(=O)c2ccc(CCO)s2)CC1. The number of hydrogen-bond acceptors (Lipinski definition) is 5. The zero-order valence-electron chi connectivity index (χ0n) is 12.6. The topological polar surface area (TPSA) is 69.6 Å². The van der Waals surface area contributed by atoms with Crippen LogP contribution in [0.2, 0.25) is 0 Å². The number of piperidine rings is 1. The summed E-state index contributed by atoms with van der Waals surface area (Å²) in [5.74, 6) is 0. The minimum atomic E-state index is -3.44. The molecule has 1 aromatic rings. The molecule has 2 N–H and O–H groups in total. The first-order chi connectivity index (χ1) is 9.85. The molecule has 1 aliphatic rings. The molecule has 0 atom stereocenters. The molecule has 0 amide bonds. The smallest absolute Gasteiger partial charge is 0.250 e. The molecule has 0 aliphatic carbocycles. The Balaban J connectivity index is 1.97. The fourth-order valence-corrected chi connectivity index (χ4v) is 5.01. The van der Waals surface area contributed by atoms with Crippen molar-refractivity contribution in [3.63, 3.8) is 0 Å². The number of likely N-dealkylation sites (tertiary alicyclic amines) is 1. The van der Waals surface area contributed by atoms with Crippen molar-refractivity contribution in [1.29, 1.82) is 0 Å². The van der Waals surface area contributed by atoms with Crippen LogP contribution in [0.25, 0.3) is 0 Å². The maximum absolute atomic E-state index is 12.3. The van der Waals surface area contributed by atoms with Crippen LogP contribution in [0, 0.1) is 5.41 Å². The Bertz CT molecular complexity index is 561. The second kappa shape index (κ2) is 6.75. The normalized spacial score (nSPS) is 19.8. The first-order valence-electron chi connectivity index (χ1n) is 7.22. The molecule has 21 heavy (non-hydrogen) atoms. The second-order valence-electron chi connectivity index (χ2n) is 6.13. The standard InChI is InChI=1S/C14H24N2O3S2/c1-14(6-8-16(2)9-7-14)11-15-21(18,19)13-4-3-12(20-13)5-10-17/h3-4,15,17H,5-11H2,1-2H3. The largest absolute Gasteiger partial charge is 0.396 e. The highest BCUT2D eigenvalue weighted by molar-refractivity contribution is 7.91. The van der Waals surface area contributed by atoms with Crippen LogP contribution in [0.4, 0.5) is 0 Å². The molecule has 0 bridgehead atoms. The number of nitrogens with zero attached hydrogens (tertiary/aromatic N) is 1. The molecule has 1 saturated heterocycles. The van der Waals surface area contributed by atoms with E-state index in [1.165, 1.54) is 11.3 Å². The second-order valence-corrected chi connectivity index (χ2v) is 9.29. The molecule has 1 fully saturated rings. The van der Waals surface area contributed by atoms with Crippen LogP contribution in [-0.2, 0) is 16.4 Å². The lowest BCUT2D eigenvalue weighted by Gasteiger charge is -2.37. The van der Waals surface area contributed by atoms with Gasteiger partial charge in [0, 0.05) is 24.4 Å². The Kier molecular flexibility index (Phi) is 5.43. The molecule has 0 saturated carbocycles. The first kappa shape index (κ1) is 16.9. The molecule has 2 heterocycles. The van der Waals surface area contributed by atoms with Gasteiger partial charge in [-0.05, 0) is 50.5 Å². The van der Waals surface area contributed by atoms with Gasteiger partial charge in [0.1, 0.15) is 4.21 Å². The number of nitrogens with one attached hydrogen (secondary N) is 1. The summed E-state index contributed by atoms with van der Waals surface area (Å²) in [6.45, 7) is 4.69. The average molecular weight is 332 g/mol. The summed E-state index contributed by atoms with van der Waals surface area (Å²) in [4.78, 5) is 3.17. The van der Waals surface area contributed by atoms with Crippen LogP contribution >= 0.6 is 11.3 Å². The zero-order chi connectivity index (χ0) is 15.5. The van der Waals surface area contributed by atoms with E-state index >= 15 is 0 Å². The van der Waals surface area contributed by atoms with Gasteiger partial charge >= 0.3 is 0 Å². The molecule has 7 heteroatoms. The molecule has 1 aliphatic heterocycles. The van der Waals surface area contributed by atoms with Crippen molar-refractivity contribution < 1.29 is 13.5 Å². The summed E-state index contributed by atoms with van der Waals surface area (Å²) in [5.41, 5.74) is 0.0325. The molecule has 1 aromatic heterocycles. The van der Waals surface area contributed by atoms with Crippen LogP contribution < -0.4 is 4.72 Å². The van der Waals surface area contributed by atoms with Gasteiger partial charge in [-0.2, -0.15) is 0 Å². The molecule has 0 spiro atoms. The Hall–Kier alpha value is -0.470. The van der Waals surface area contributed by atoms with Gasteiger partial charge < -0.3 is 10.0 Å². The Morgan fingerprint density at radius 2 is 2.05 bits per heavy atom. The minimum absolute atomic E-state index is 0.0325. The van der Waals surface area contributed by atoms with E-state index in [4.69, 9.17) is 5.11 Å². The van der Waals surface area contributed by atoms with E-state index in [2.05, 4.69) is 23.6 Å². The van der Waals surface area contributed by atoms with E-state index in [1.54, 1.807) is 12.1 Å². The Morgan fingerprint density at radius 3 is 2.67 bits per heavy atom. The van der Waals surface area contributed by atoms with E-state index in [9.17, 15) is 8.42 Å². The molecular weight excluding hydrogens is 308 g/mol. The summed E-state index contributed by atoms with van der Waals surface area (Å²) in [6.07, 6.45) is 2.52. The van der Waals surface area contributed by atoms with E-state index < -0.39 is 10.0 Å². The van der Waals surface area contributed by atoms with Crippen LogP contribution in [0.5, 0.6) is 0 Å². The van der Waals surface area contributed by atoms with E-state index in [0.29, 0.717) is 17.2 Å². The molecule has 2 rings (SSSR count). The van der Waals surface area contributed by atoms with E-state index in [1.807, 2.05) is 0 Å². The number of hydrogen-bond donors (Lipinski definition) is 2. The van der Waals surface area contributed by atoms with Crippen molar-refractivity contribution in [3.8, 4) is 0 Å². The van der Waals surface area contributed by atoms with Gasteiger partial charge in [0.05, 0.1) is 0 Å². The lowest BCUT2D eigenvalue weighted by molar-refractivity contribution is 0.143. The third-order valence-corrected chi connectivity index (χ3v) is 7.18. The molecule has 0 unspecified atom stereocenters. The molecule has 120 valence electrons. The van der Waals surface area contributed by atoms with Gasteiger partial charge in [-0.1, -0.05) is 6.92 Å². The quantitative estimate of drug-likeness (QED) is 0.824. The van der Waals surface area contributed by atoms with Crippen molar-refractivity contribution in [3.05, 3.63) is 17.0 Å². The summed E-state index contributed by atoms with van der Waals surface area (Å²) < 4.78 is 27.7. The number of aliphatic hydroxyl groups excluding tert-OH is 1. The predicted molar refractivity (Wildman–Crippen MR) is 85.1 cm³/mol. The van der Waals surface area contributed by atoms with Crippen LogP contribution in [-0.4, -0.2) is 51.7 Å². The maximum atomic E-state index is 12.3. The summed E-state index contributed by atoms with van der Waals surface area (Å²) in [5, 5.41) is 8.90. The third-order valence-electron chi connectivity index (χ3n) is 4.14. The lowest BCUT2D eigenvalue weighted by atomic mass is 9.81. The highest BCUT2D eigenvalue weighted by Gasteiger charge is 2.30. The van der Waals surface area contributed by atoms with Gasteiger partial charge in [-0.25, -0.2) is 13.1 Å². The van der Waals surface area contributed by atoms with Crippen LogP contribution in [0.15, 0.2) is 16.3 Å². The zero-order valence-corrected chi connectivity index (χ0v) is 14.3. The van der Waals surface area contributed by atoms with Gasteiger partial charge in [-0.3, -0.25) is 0 Å². The highest BCUT2D eigenvalue weighted by Crippen LogP contribution is 2.30. The van der Waals surface area contributed by atoms with Crippen molar-refractivity contribution in [2.24, 2.45) is 5.41 Å². The highest BCUT2D eigenvalue weighted by atomic mass is 32.2. The summed E-state index contributed by atoms with van der Waals surface area (Å²) >= 11 is 1.23. The van der Waals surface area contributed by atoms with E-state index in [-0.39, 0.29) is 12.0 Å². The number of thiophene rings is 1. The molecule has 0 aromatic carbocycles. The van der Waals surface area contributed by atoms with Crippen molar-refractivity contribution >= 4 is 21.4 Å². The van der Waals surface area contributed by atoms with Crippen LogP contribution in [0.1, 0.15) is 24.6 Å². The van der Waals surface area contributed by atoms with Crippen LogP contribution in [0.3, 0.4) is 0 Å². The maximum Gasteiger partial charge on any atom is 0.250 e. The number of sulfonamides is 1. The molecule has 5 nitrogen and oxygen atoms in total. The lowest BCUT2D eigenvalue weighted by Crippen LogP contribution is -2.43. The van der Waals surface area contributed by atoms with Crippen molar-refractivity contribution in [2.45, 2.75) is 30.4 Å². The van der Waals surface area contributed by atoms with E-state index in [0.717, 1.165) is 30.8 Å². The number of rotatable bonds is 6. The monoisotopic (exact) mass is 332 g/mol. The van der Waals surface area contributed by atoms with Gasteiger partial charge in [0.15, 0.2) is 0 Å². The average Bonchev–Trinajstić information content (AvgIpc) is 2.91. The van der Waals surface area contributed by atoms with Gasteiger partial charge in [0.25, 0.3) is 0 Å². The Morgan fingerprint density at radius 1 is 1.38 bits per heavy atom. The van der Waals surface area contributed by atoms with Gasteiger partial charge in [-0.15, -0.1) is 11.3 Å². The fraction of sp³-hybridized carbons (Fsp3) is 0.714. The van der Waals surface area contributed by atoms with Crippen molar-refractivity contribution in [1.82, 2.24) is 9.62 Å². The first-order valence-corrected chi connectivity index (χ1v) is 9.52. The minimum Gasteiger partial charge on any atom is -0.396 e. The predicted octanol–water partition coefficient (Wildman–Crippen LogP) is 1.29. The van der Waals surface area contributed by atoms with Crippen molar-refractivity contribution in [2.75, 3.05) is 33.3 Å².